The van der Waals surface area contributed by atoms with Crippen LogP contribution < -0.4 is 15.5 Å². The first-order valence-electron chi connectivity index (χ1n) is 10.5. The fraction of sp³-hybridized carbons (Fsp3) is 0.348. The Hall–Kier alpha value is -3.42. The molecule has 31 heavy (non-hydrogen) atoms. The molecule has 8 heteroatoms. The average molecular weight is 424 g/mol. The highest BCUT2D eigenvalue weighted by Gasteiger charge is 2.28. The van der Waals surface area contributed by atoms with E-state index in [0.717, 1.165) is 18.5 Å². The number of fused-ring (bicyclic) bond motifs is 1. The molecule has 2 N–H and O–H groups in total. The maximum atomic E-state index is 13.1. The van der Waals surface area contributed by atoms with E-state index in [1.54, 1.807) is 17.0 Å². The zero-order chi connectivity index (χ0) is 21.8. The summed E-state index contributed by atoms with van der Waals surface area (Å²) in [6.45, 7) is 2.41. The molecule has 2 heterocycles. The van der Waals surface area contributed by atoms with Crippen molar-refractivity contribution in [2.75, 3.05) is 36.4 Å². The predicted molar refractivity (Wildman–Crippen MR) is 116 cm³/mol. The Labute approximate surface area is 180 Å². The Morgan fingerprint density at radius 3 is 2.58 bits per heavy atom. The lowest BCUT2D eigenvalue weighted by Crippen LogP contribution is -2.33. The van der Waals surface area contributed by atoms with Gasteiger partial charge in [0.2, 0.25) is 5.91 Å². The molecule has 0 unspecified atom stereocenters. The van der Waals surface area contributed by atoms with Gasteiger partial charge in [0.1, 0.15) is 5.82 Å². The van der Waals surface area contributed by atoms with Crippen molar-refractivity contribution >= 4 is 29.2 Å². The van der Waals surface area contributed by atoms with Crippen LogP contribution in [0.25, 0.3) is 0 Å². The Bertz CT molecular complexity index is 993. The van der Waals surface area contributed by atoms with Crippen LogP contribution in [0.4, 0.5) is 20.6 Å². The van der Waals surface area contributed by atoms with Crippen molar-refractivity contribution in [2.45, 2.75) is 25.7 Å². The minimum Gasteiger partial charge on any atom is -0.352 e. The summed E-state index contributed by atoms with van der Waals surface area (Å²) >= 11 is 0. The first-order chi connectivity index (χ1) is 15.0. The highest BCUT2D eigenvalue weighted by molar-refractivity contribution is 6.05. The van der Waals surface area contributed by atoms with Gasteiger partial charge in [0, 0.05) is 49.5 Å². The van der Waals surface area contributed by atoms with E-state index in [0.29, 0.717) is 55.8 Å². The summed E-state index contributed by atoms with van der Waals surface area (Å²) in [6, 6.07) is 10.6. The van der Waals surface area contributed by atoms with E-state index in [9.17, 15) is 18.8 Å². The molecule has 4 rings (SSSR count). The second-order valence-corrected chi connectivity index (χ2v) is 7.74. The molecule has 0 atom stereocenters. The van der Waals surface area contributed by atoms with Gasteiger partial charge < -0.3 is 15.5 Å². The van der Waals surface area contributed by atoms with Crippen molar-refractivity contribution in [1.82, 2.24) is 10.2 Å². The first-order valence-corrected chi connectivity index (χ1v) is 10.5. The smallest absolute Gasteiger partial charge is 0.326 e. The van der Waals surface area contributed by atoms with Gasteiger partial charge in [0.05, 0.1) is 0 Å². The number of carbonyl (C=O) groups excluding carboxylic acids is 3. The first kappa shape index (κ1) is 20.8. The molecule has 7 nitrogen and oxygen atoms in total. The number of benzene rings is 2. The summed E-state index contributed by atoms with van der Waals surface area (Å²) < 4.78 is 13.1. The maximum Gasteiger partial charge on any atom is 0.326 e. The molecule has 0 aliphatic carbocycles. The minimum absolute atomic E-state index is 0.176. The van der Waals surface area contributed by atoms with E-state index in [1.165, 1.54) is 24.3 Å². The number of amides is 4. The SMILES string of the molecule is O=C(NCCCN1CCCC1=O)c1cccc2c1CCN2C(=O)Nc1ccc(F)cc1. The van der Waals surface area contributed by atoms with Crippen LogP contribution in [0.5, 0.6) is 0 Å². The van der Waals surface area contributed by atoms with Crippen LogP contribution in [0, 0.1) is 5.82 Å². The summed E-state index contributed by atoms with van der Waals surface area (Å²) in [5.41, 5.74) is 2.61. The molecule has 2 aliphatic heterocycles. The molecule has 0 spiro atoms. The average Bonchev–Trinajstić information content (AvgIpc) is 3.38. The number of nitrogens with zero attached hydrogens (tertiary/aromatic N) is 2. The van der Waals surface area contributed by atoms with Crippen LogP contribution in [0.15, 0.2) is 42.5 Å². The highest BCUT2D eigenvalue weighted by atomic mass is 19.1. The predicted octanol–water partition coefficient (Wildman–Crippen LogP) is 3.16. The summed E-state index contributed by atoms with van der Waals surface area (Å²) in [5, 5.41) is 5.69. The lowest BCUT2D eigenvalue weighted by Gasteiger charge is -2.19. The second-order valence-electron chi connectivity index (χ2n) is 7.74. The van der Waals surface area contributed by atoms with Gasteiger partial charge in [-0.05, 0) is 61.2 Å². The van der Waals surface area contributed by atoms with E-state index in [2.05, 4.69) is 10.6 Å². The van der Waals surface area contributed by atoms with Crippen LogP contribution in [-0.2, 0) is 11.2 Å². The Kier molecular flexibility index (Phi) is 6.16. The van der Waals surface area contributed by atoms with Gasteiger partial charge in [-0.1, -0.05) is 6.07 Å². The number of hydrogen-bond donors (Lipinski definition) is 2. The van der Waals surface area contributed by atoms with Gasteiger partial charge in [-0.25, -0.2) is 9.18 Å². The van der Waals surface area contributed by atoms with Crippen LogP contribution in [0.2, 0.25) is 0 Å². The number of hydrogen-bond acceptors (Lipinski definition) is 3. The Morgan fingerprint density at radius 1 is 1.03 bits per heavy atom. The van der Waals surface area contributed by atoms with Gasteiger partial charge in [-0.15, -0.1) is 0 Å². The Balaban J connectivity index is 1.36. The van der Waals surface area contributed by atoms with Gasteiger partial charge >= 0.3 is 6.03 Å². The van der Waals surface area contributed by atoms with Crippen molar-refractivity contribution in [3.8, 4) is 0 Å². The molecule has 0 radical (unpaired) electrons. The number of urea groups is 1. The standard InChI is InChI=1S/C23H25FN4O3/c24-16-7-9-17(10-8-16)26-23(31)28-15-11-18-19(4-1-5-20(18)28)22(30)25-12-3-14-27-13-2-6-21(27)29/h1,4-5,7-10H,2-3,6,11-15H2,(H,25,30)(H,26,31). The molecule has 0 aromatic heterocycles. The van der Waals surface area contributed by atoms with Crippen LogP contribution in [0.1, 0.15) is 35.2 Å². The molecule has 0 bridgehead atoms. The molecular weight excluding hydrogens is 399 g/mol. The molecule has 0 saturated carbocycles. The summed E-state index contributed by atoms with van der Waals surface area (Å²) in [6.07, 6.45) is 2.82. The number of rotatable bonds is 6. The lowest BCUT2D eigenvalue weighted by molar-refractivity contribution is -0.127. The van der Waals surface area contributed by atoms with Crippen molar-refractivity contribution in [2.24, 2.45) is 0 Å². The fourth-order valence-electron chi connectivity index (χ4n) is 4.09. The lowest BCUT2D eigenvalue weighted by atomic mass is 10.0. The number of anilines is 2. The maximum absolute atomic E-state index is 13.1. The van der Waals surface area contributed by atoms with Crippen molar-refractivity contribution < 1.29 is 18.8 Å². The quantitative estimate of drug-likeness (QED) is 0.699. The zero-order valence-corrected chi connectivity index (χ0v) is 17.2. The number of nitrogens with one attached hydrogen (secondary N) is 2. The van der Waals surface area contributed by atoms with E-state index in [4.69, 9.17) is 0 Å². The fourth-order valence-corrected chi connectivity index (χ4v) is 4.09. The molecule has 1 saturated heterocycles. The summed E-state index contributed by atoms with van der Waals surface area (Å²) in [4.78, 5) is 40.5. The normalized spacial score (nSPS) is 15.2. The molecule has 162 valence electrons. The topological polar surface area (TPSA) is 81.8 Å². The van der Waals surface area contributed by atoms with Gasteiger partial charge in [-0.3, -0.25) is 14.5 Å². The second kappa shape index (κ2) is 9.16. The van der Waals surface area contributed by atoms with Crippen LogP contribution >= 0.6 is 0 Å². The van der Waals surface area contributed by atoms with E-state index >= 15 is 0 Å². The third kappa shape index (κ3) is 4.68. The molecule has 2 aliphatic rings. The van der Waals surface area contributed by atoms with Gasteiger partial charge in [0.25, 0.3) is 5.91 Å². The van der Waals surface area contributed by atoms with Crippen molar-refractivity contribution in [3.05, 3.63) is 59.4 Å². The molecular formula is C23H25FN4O3. The highest BCUT2D eigenvalue weighted by Crippen LogP contribution is 2.31. The van der Waals surface area contributed by atoms with Gasteiger partial charge in [-0.2, -0.15) is 0 Å². The Morgan fingerprint density at radius 2 is 1.84 bits per heavy atom. The minimum atomic E-state index is -0.368. The number of carbonyl (C=O) groups is 3. The monoisotopic (exact) mass is 424 g/mol. The van der Waals surface area contributed by atoms with E-state index in [-0.39, 0.29) is 23.7 Å². The van der Waals surface area contributed by atoms with Crippen molar-refractivity contribution in [3.63, 3.8) is 0 Å². The van der Waals surface area contributed by atoms with Gasteiger partial charge in [0.15, 0.2) is 0 Å². The third-order valence-electron chi connectivity index (χ3n) is 5.67. The zero-order valence-electron chi connectivity index (χ0n) is 17.2. The van der Waals surface area contributed by atoms with Crippen LogP contribution in [-0.4, -0.2) is 48.9 Å². The van der Waals surface area contributed by atoms with Crippen LogP contribution in [0.3, 0.4) is 0 Å². The van der Waals surface area contributed by atoms with Crippen molar-refractivity contribution in [1.29, 1.82) is 0 Å². The van der Waals surface area contributed by atoms with E-state index in [1.807, 2.05) is 11.0 Å². The molecule has 2 aromatic rings. The number of likely N-dealkylation sites (tertiary alicyclic amines) is 1. The summed E-state index contributed by atoms with van der Waals surface area (Å²) in [7, 11) is 0. The third-order valence-corrected chi connectivity index (χ3v) is 5.67. The summed E-state index contributed by atoms with van der Waals surface area (Å²) in [5.74, 6) is -0.358. The largest absolute Gasteiger partial charge is 0.352 e. The molecule has 4 amide bonds. The molecule has 2 aromatic carbocycles. The molecule has 1 fully saturated rings. The van der Waals surface area contributed by atoms with E-state index < -0.39 is 0 Å². The number of halogens is 1.